The molecule has 1 fully saturated rings. The molecule has 2 heterocycles. The number of rotatable bonds is 7. The topological polar surface area (TPSA) is 66.8 Å². The van der Waals surface area contributed by atoms with Crippen LogP contribution in [0.1, 0.15) is 36.6 Å². The maximum absolute atomic E-state index is 13.5. The third kappa shape index (κ3) is 5.69. The van der Waals surface area contributed by atoms with Gasteiger partial charge in [0.05, 0.1) is 30.5 Å². The number of carbonyl (C=O) groups is 1. The number of ether oxygens (including phenoxy) is 1. The molecule has 1 aliphatic rings. The van der Waals surface area contributed by atoms with Crippen LogP contribution in [0.25, 0.3) is 0 Å². The quantitative estimate of drug-likeness (QED) is 0.406. The monoisotopic (exact) mass is 426 g/mol. The van der Waals surface area contributed by atoms with Gasteiger partial charge in [-0.05, 0) is 37.5 Å². The predicted molar refractivity (Wildman–Crippen MR) is 107 cm³/mol. The van der Waals surface area contributed by atoms with Crippen LogP contribution in [0.15, 0.2) is 28.7 Å². The van der Waals surface area contributed by atoms with E-state index >= 15 is 0 Å². The van der Waals surface area contributed by atoms with Crippen molar-refractivity contribution in [1.29, 1.82) is 0 Å². The van der Waals surface area contributed by atoms with E-state index < -0.39 is 11.7 Å². The van der Waals surface area contributed by atoms with Gasteiger partial charge in [0.2, 0.25) is 5.13 Å². The SMILES string of the molecule is CCOC(=O)Cc1csc(NN=Cc2ccc(N3CCCC3)c(C(F)(F)F)c2)n1. The highest BCUT2D eigenvalue weighted by molar-refractivity contribution is 7.13. The number of anilines is 2. The van der Waals surface area contributed by atoms with Gasteiger partial charge in [0, 0.05) is 24.2 Å². The van der Waals surface area contributed by atoms with Gasteiger partial charge >= 0.3 is 12.1 Å². The number of thiazole rings is 1. The van der Waals surface area contributed by atoms with Gasteiger partial charge in [-0.25, -0.2) is 4.98 Å². The smallest absolute Gasteiger partial charge is 0.418 e. The molecule has 0 spiro atoms. The molecule has 0 bridgehead atoms. The zero-order chi connectivity index (χ0) is 20.9. The largest absolute Gasteiger partial charge is 0.466 e. The van der Waals surface area contributed by atoms with Crippen LogP contribution in [-0.4, -0.2) is 36.9 Å². The Bertz CT molecular complexity index is 877. The van der Waals surface area contributed by atoms with Gasteiger partial charge < -0.3 is 9.64 Å². The molecule has 0 radical (unpaired) electrons. The van der Waals surface area contributed by atoms with Gasteiger partial charge in [-0.15, -0.1) is 11.3 Å². The molecule has 0 aliphatic carbocycles. The molecule has 2 aromatic rings. The number of halogens is 3. The third-order valence-electron chi connectivity index (χ3n) is 4.33. The lowest BCUT2D eigenvalue weighted by molar-refractivity contribution is -0.142. The second kappa shape index (κ2) is 9.25. The van der Waals surface area contributed by atoms with Crippen molar-refractivity contribution in [1.82, 2.24) is 4.98 Å². The standard InChI is InChI=1S/C19H21F3N4O2S/c1-2-28-17(27)10-14-12-29-18(24-14)25-23-11-13-5-6-16(26-7-3-4-8-26)15(9-13)19(20,21)22/h5-6,9,11-12H,2-4,7-8,10H2,1H3,(H,24,25). The van der Waals surface area contributed by atoms with Crippen molar-refractivity contribution in [2.45, 2.75) is 32.4 Å². The van der Waals surface area contributed by atoms with Crippen molar-refractivity contribution in [3.05, 3.63) is 40.4 Å². The lowest BCUT2D eigenvalue weighted by Gasteiger charge is -2.23. The number of hydrogen-bond acceptors (Lipinski definition) is 7. The van der Waals surface area contributed by atoms with Gasteiger partial charge in [0.25, 0.3) is 0 Å². The van der Waals surface area contributed by atoms with Crippen LogP contribution >= 0.6 is 11.3 Å². The number of aromatic nitrogens is 1. The van der Waals surface area contributed by atoms with Crippen molar-refractivity contribution in [2.24, 2.45) is 5.10 Å². The Balaban J connectivity index is 1.67. The molecule has 10 heteroatoms. The molecule has 0 amide bonds. The molecule has 3 rings (SSSR count). The van der Waals surface area contributed by atoms with E-state index in [4.69, 9.17) is 4.74 Å². The summed E-state index contributed by atoms with van der Waals surface area (Å²) < 4.78 is 45.4. The normalized spacial score (nSPS) is 14.6. The number of hydrazone groups is 1. The molecule has 0 saturated carbocycles. The number of carbonyl (C=O) groups excluding carboxylic acids is 1. The summed E-state index contributed by atoms with van der Waals surface area (Å²) >= 11 is 1.24. The summed E-state index contributed by atoms with van der Waals surface area (Å²) in [5.74, 6) is -0.370. The van der Waals surface area contributed by atoms with Crippen LogP contribution in [0.3, 0.4) is 0 Å². The number of hydrogen-bond donors (Lipinski definition) is 1. The zero-order valence-corrected chi connectivity index (χ0v) is 16.6. The number of esters is 1. The Morgan fingerprint density at radius 2 is 2.14 bits per heavy atom. The summed E-state index contributed by atoms with van der Waals surface area (Å²) in [7, 11) is 0. The molecule has 0 atom stereocenters. The minimum atomic E-state index is -4.44. The molecule has 156 valence electrons. The average molecular weight is 426 g/mol. The molecule has 1 aliphatic heterocycles. The summed E-state index contributed by atoms with van der Waals surface area (Å²) in [5, 5.41) is 6.10. The number of nitrogens with zero attached hydrogens (tertiary/aromatic N) is 3. The average Bonchev–Trinajstić information content (AvgIpc) is 3.33. The predicted octanol–water partition coefficient (Wildman–Crippen LogP) is 4.31. The van der Waals surface area contributed by atoms with Gasteiger partial charge in [0.1, 0.15) is 0 Å². The first-order valence-electron chi connectivity index (χ1n) is 9.22. The fourth-order valence-corrected chi connectivity index (χ4v) is 3.72. The minimum Gasteiger partial charge on any atom is -0.466 e. The molecular formula is C19H21F3N4O2S. The summed E-state index contributed by atoms with van der Waals surface area (Å²) in [6, 6.07) is 4.21. The minimum absolute atomic E-state index is 0.0582. The van der Waals surface area contributed by atoms with Gasteiger partial charge in [-0.2, -0.15) is 18.3 Å². The first-order chi connectivity index (χ1) is 13.9. The van der Waals surface area contributed by atoms with E-state index in [9.17, 15) is 18.0 Å². The van der Waals surface area contributed by atoms with E-state index in [0.717, 1.165) is 18.9 Å². The maximum Gasteiger partial charge on any atom is 0.418 e. The molecule has 0 unspecified atom stereocenters. The Kier molecular flexibility index (Phi) is 6.73. The van der Waals surface area contributed by atoms with E-state index in [1.165, 1.54) is 23.6 Å². The molecule has 1 N–H and O–H groups in total. The zero-order valence-electron chi connectivity index (χ0n) is 15.8. The van der Waals surface area contributed by atoms with Crippen LogP contribution in [0, 0.1) is 0 Å². The number of alkyl halides is 3. The fourth-order valence-electron chi connectivity index (χ4n) is 3.06. The Hall–Kier alpha value is -2.62. The molecule has 1 aromatic carbocycles. The van der Waals surface area contributed by atoms with E-state index in [2.05, 4.69) is 15.5 Å². The summed E-state index contributed by atoms with van der Waals surface area (Å²) in [5.41, 5.74) is 3.11. The van der Waals surface area contributed by atoms with Crippen molar-refractivity contribution in [2.75, 3.05) is 30.0 Å². The van der Waals surface area contributed by atoms with Crippen molar-refractivity contribution < 1.29 is 22.7 Å². The van der Waals surface area contributed by atoms with E-state index in [1.807, 2.05) is 0 Å². The second-order valence-corrected chi connectivity index (χ2v) is 7.32. The van der Waals surface area contributed by atoms with Crippen LogP contribution in [0.5, 0.6) is 0 Å². The van der Waals surface area contributed by atoms with Gasteiger partial charge in [-0.1, -0.05) is 6.07 Å². The highest BCUT2D eigenvalue weighted by Gasteiger charge is 2.35. The van der Waals surface area contributed by atoms with Crippen molar-refractivity contribution in [3.63, 3.8) is 0 Å². The number of benzene rings is 1. The van der Waals surface area contributed by atoms with E-state index in [0.29, 0.717) is 36.1 Å². The summed E-state index contributed by atoms with van der Waals surface area (Å²) in [6.07, 6.45) is -1.27. The Labute approximate surface area is 170 Å². The summed E-state index contributed by atoms with van der Waals surface area (Å²) in [4.78, 5) is 17.4. The highest BCUT2D eigenvalue weighted by Crippen LogP contribution is 2.38. The molecule has 1 saturated heterocycles. The van der Waals surface area contributed by atoms with Gasteiger partial charge in [0.15, 0.2) is 0 Å². The molecule has 6 nitrogen and oxygen atoms in total. The first-order valence-corrected chi connectivity index (χ1v) is 10.1. The third-order valence-corrected chi connectivity index (χ3v) is 5.12. The van der Waals surface area contributed by atoms with E-state index in [-0.39, 0.29) is 18.1 Å². The van der Waals surface area contributed by atoms with Crippen molar-refractivity contribution in [3.8, 4) is 0 Å². The summed E-state index contributed by atoms with van der Waals surface area (Å²) in [6.45, 7) is 3.30. The highest BCUT2D eigenvalue weighted by atomic mass is 32.1. The maximum atomic E-state index is 13.5. The van der Waals surface area contributed by atoms with Gasteiger partial charge in [-0.3, -0.25) is 10.2 Å². The van der Waals surface area contributed by atoms with Crippen molar-refractivity contribution >= 4 is 34.3 Å². The second-order valence-electron chi connectivity index (χ2n) is 6.46. The Morgan fingerprint density at radius 1 is 1.38 bits per heavy atom. The van der Waals surface area contributed by atoms with Crippen LogP contribution < -0.4 is 10.3 Å². The lowest BCUT2D eigenvalue weighted by atomic mass is 10.1. The lowest BCUT2D eigenvalue weighted by Crippen LogP contribution is -2.22. The van der Waals surface area contributed by atoms with E-state index in [1.54, 1.807) is 23.3 Å². The van der Waals surface area contributed by atoms with Crippen LogP contribution in [0.4, 0.5) is 24.0 Å². The molecule has 29 heavy (non-hydrogen) atoms. The fraction of sp³-hybridized carbons (Fsp3) is 0.421. The first kappa shape index (κ1) is 21.1. The number of nitrogens with one attached hydrogen (secondary N) is 1. The van der Waals surface area contributed by atoms with Crippen LogP contribution in [0.2, 0.25) is 0 Å². The Morgan fingerprint density at radius 3 is 2.83 bits per heavy atom. The molecular weight excluding hydrogens is 405 g/mol. The molecule has 1 aromatic heterocycles. The van der Waals surface area contributed by atoms with Crippen LogP contribution in [-0.2, 0) is 22.1 Å².